The second kappa shape index (κ2) is 7.24. The van der Waals surface area contributed by atoms with E-state index in [0.717, 1.165) is 25.1 Å². The number of carbonyl (C=O) groups excluding carboxylic acids is 1. The van der Waals surface area contributed by atoms with Crippen LogP contribution < -0.4 is 5.32 Å². The average Bonchev–Trinajstić information content (AvgIpc) is 3.11. The largest absolute Gasteiger partial charge is 0.354 e. The summed E-state index contributed by atoms with van der Waals surface area (Å²) in [7, 11) is 0. The van der Waals surface area contributed by atoms with Gasteiger partial charge in [-0.2, -0.15) is 10.2 Å². The van der Waals surface area contributed by atoms with Crippen LogP contribution in [-0.4, -0.2) is 32.0 Å². The van der Waals surface area contributed by atoms with E-state index in [1.807, 2.05) is 30.8 Å². The molecule has 6 heteroatoms. The quantitative estimate of drug-likeness (QED) is 0.851. The molecule has 0 saturated carbocycles. The molecule has 2 aromatic rings. The van der Waals surface area contributed by atoms with Crippen molar-refractivity contribution in [3.05, 3.63) is 35.4 Å². The van der Waals surface area contributed by atoms with Crippen molar-refractivity contribution in [1.82, 2.24) is 24.9 Å². The predicted octanol–water partition coefficient (Wildman–Crippen LogP) is 2.03. The predicted molar refractivity (Wildman–Crippen MR) is 85.6 cm³/mol. The Bertz CT molecular complexity index is 615. The number of carbonyl (C=O) groups is 1. The zero-order chi connectivity index (χ0) is 16.1. The van der Waals surface area contributed by atoms with E-state index in [1.165, 1.54) is 11.3 Å². The van der Waals surface area contributed by atoms with Gasteiger partial charge in [0.2, 0.25) is 5.91 Å². The molecule has 0 fully saturated rings. The molecule has 1 atom stereocenters. The molecule has 0 aromatic carbocycles. The number of nitrogens with one attached hydrogen (secondary N) is 1. The second-order valence-electron chi connectivity index (χ2n) is 5.42. The summed E-state index contributed by atoms with van der Waals surface area (Å²) in [6, 6.07) is 1.59. The summed E-state index contributed by atoms with van der Waals surface area (Å²) in [5, 5.41) is 11.7. The topological polar surface area (TPSA) is 64.7 Å². The highest BCUT2D eigenvalue weighted by Crippen LogP contribution is 2.14. The van der Waals surface area contributed by atoms with Gasteiger partial charge in [-0.15, -0.1) is 0 Å². The summed E-state index contributed by atoms with van der Waals surface area (Å²) in [6.07, 6.45) is 5.05. The SMILES string of the molecule is CC[C@@H](C(=O)NCCc1c(C)nn(CC)c1C)n1cccn1. The molecule has 120 valence electrons. The number of hydrogen-bond acceptors (Lipinski definition) is 3. The molecular weight excluding hydrogens is 278 g/mol. The molecule has 0 aliphatic carbocycles. The highest BCUT2D eigenvalue weighted by atomic mass is 16.2. The van der Waals surface area contributed by atoms with Gasteiger partial charge in [0, 0.05) is 31.2 Å². The molecule has 2 aromatic heterocycles. The Balaban J connectivity index is 1.93. The maximum atomic E-state index is 12.3. The molecule has 0 aliphatic heterocycles. The molecule has 0 radical (unpaired) electrons. The van der Waals surface area contributed by atoms with Crippen molar-refractivity contribution in [2.45, 2.75) is 53.1 Å². The zero-order valence-corrected chi connectivity index (χ0v) is 13.8. The van der Waals surface area contributed by atoms with Crippen molar-refractivity contribution in [3.8, 4) is 0 Å². The smallest absolute Gasteiger partial charge is 0.244 e. The van der Waals surface area contributed by atoms with Crippen LogP contribution in [0.15, 0.2) is 18.5 Å². The van der Waals surface area contributed by atoms with Crippen molar-refractivity contribution in [2.75, 3.05) is 6.54 Å². The van der Waals surface area contributed by atoms with Crippen molar-refractivity contribution >= 4 is 5.91 Å². The van der Waals surface area contributed by atoms with Crippen LogP contribution in [0.2, 0.25) is 0 Å². The number of hydrogen-bond donors (Lipinski definition) is 1. The molecule has 0 saturated heterocycles. The van der Waals surface area contributed by atoms with Gasteiger partial charge in [0.05, 0.1) is 5.69 Å². The minimum Gasteiger partial charge on any atom is -0.354 e. The fourth-order valence-electron chi connectivity index (χ4n) is 2.79. The van der Waals surface area contributed by atoms with Gasteiger partial charge in [0.25, 0.3) is 0 Å². The van der Waals surface area contributed by atoms with E-state index in [9.17, 15) is 4.79 Å². The summed E-state index contributed by atoms with van der Waals surface area (Å²) in [6.45, 7) is 9.67. The van der Waals surface area contributed by atoms with E-state index in [4.69, 9.17) is 0 Å². The van der Waals surface area contributed by atoms with Gasteiger partial charge in [0.15, 0.2) is 0 Å². The summed E-state index contributed by atoms with van der Waals surface area (Å²) in [5.74, 6) is 0.0180. The number of rotatable bonds is 7. The standard InChI is InChI=1S/C16H25N5O/c1-5-15(21-11-7-9-18-21)16(22)17-10-8-14-12(3)19-20(6-2)13(14)4/h7,9,11,15H,5-6,8,10H2,1-4H3,(H,17,22)/t15-/m0/s1. The highest BCUT2D eigenvalue weighted by molar-refractivity contribution is 5.80. The van der Waals surface area contributed by atoms with Crippen molar-refractivity contribution < 1.29 is 4.79 Å². The summed E-state index contributed by atoms with van der Waals surface area (Å²) >= 11 is 0. The number of nitrogens with zero attached hydrogens (tertiary/aromatic N) is 4. The zero-order valence-electron chi connectivity index (χ0n) is 13.8. The van der Waals surface area contributed by atoms with Crippen LogP contribution in [0.4, 0.5) is 0 Å². The third-order valence-electron chi connectivity index (χ3n) is 4.04. The van der Waals surface area contributed by atoms with E-state index < -0.39 is 0 Å². The minimum atomic E-state index is -0.240. The van der Waals surface area contributed by atoms with Crippen LogP contribution in [0.25, 0.3) is 0 Å². The molecule has 0 unspecified atom stereocenters. The molecule has 2 rings (SSSR count). The fourth-order valence-corrected chi connectivity index (χ4v) is 2.79. The third kappa shape index (κ3) is 3.37. The van der Waals surface area contributed by atoms with E-state index in [1.54, 1.807) is 10.9 Å². The fraction of sp³-hybridized carbons (Fsp3) is 0.562. The lowest BCUT2D eigenvalue weighted by molar-refractivity contribution is -0.124. The molecule has 0 spiro atoms. The first-order valence-corrected chi connectivity index (χ1v) is 7.88. The van der Waals surface area contributed by atoms with Gasteiger partial charge >= 0.3 is 0 Å². The lowest BCUT2D eigenvalue weighted by Gasteiger charge is -2.15. The Morgan fingerprint density at radius 3 is 2.68 bits per heavy atom. The van der Waals surface area contributed by atoms with Crippen LogP contribution in [0, 0.1) is 13.8 Å². The minimum absolute atomic E-state index is 0.0180. The normalized spacial score (nSPS) is 12.4. The average molecular weight is 303 g/mol. The number of aromatic nitrogens is 4. The number of aryl methyl sites for hydroxylation is 2. The highest BCUT2D eigenvalue weighted by Gasteiger charge is 2.18. The van der Waals surface area contributed by atoms with Gasteiger partial charge in [-0.05, 0) is 45.2 Å². The van der Waals surface area contributed by atoms with Gasteiger partial charge < -0.3 is 5.32 Å². The first-order chi connectivity index (χ1) is 10.6. The lowest BCUT2D eigenvalue weighted by Crippen LogP contribution is -2.34. The van der Waals surface area contributed by atoms with Gasteiger partial charge in [0.1, 0.15) is 6.04 Å². The first-order valence-electron chi connectivity index (χ1n) is 7.88. The van der Waals surface area contributed by atoms with Crippen LogP contribution in [0.5, 0.6) is 0 Å². The van der Waals surface area contributed by atoms with Crippen molar-refractivity contribution in [2.24, 2.45) is 0 Å². The second-order valence-corrected chi connectivity index (χ2v) is 5.42. The van der Waals surface area contributed by atoms with E-state index in [0.29, 0.717) is 6.54 Å². The summed E-state index contributed by atoms with van der Waals surface area (Å²) in [5.41, 5.74) is 3.47. The van der Waals surface area contributed by atoms with Gasteiger partial charge in [-0.3, -0.25) is 14.2 Å². The molecule has 6 nitrogen and oxygen atoms in total. The maximum absolute atomic E-state index is 12.3. The molecule has 0 aliphatic rings. The molecule has 1 amide bonds. The van der Waals surface area contributed by atoms with Crippen LogP contribution in [0.1, 0.15) is 43.3 Å². The molecule has 22 heavy (non-hydrogen) atoms. The molecule has 0 bridgehead atoms. The van der Waals surface area contributed by atoms with E-state index >= 15 is 0 Å². The Hall–Kier alpha value is -2.11. The summed E-state index contributed by atoms with van der Waals surface area (Å²) in [4.78, 5) is 12.3. The van der Waals surface area contributed by atoms with Crippen LogP contribution >= 0.6 is 0 Å². The number of amides is 1. The Labute approximate surface area is 131 Å². The maximum Gasteiger partial charge on any atom is 0.244 e. The van der Waals surface area contributed by atoms with Crippen LogP contribution in [-0.2, 0) is 17.8 Å². The van der Waals surface area contributed by atoms with Crippen molar-refractivity contribution in [1.29, 1.82) is 0 Å². The van der Waals surface area contributed by atoms with E-state index in [-0.39, 0.29) is 11.9 Å². The Morgan fingerprint density at radius 2 is 2.14 bits per heavy atom. The summed E-state index contributed by atoms with van der Waals surface area (Å²) < 4.78 is 3.71. The lowest BCUT2D eigenvalue weighted by atomic mass is 10.1. The molecule has 2 heterocycles. The monoisotopic (exact) mass is 303 g/mol. The Morgan fingerprint density at radius 1 is 1.36 bits per heavy atom. The molecular formula is C16H25N5O. The first kappa shape index (κ1) is 16.3. The third-order valence-corrected chi connectivity index (χ3v) is 4.04. The van der Waals surface area contributed by atoms with Gasteiger partial charge in [-0.1, -0.05) is 6.92 Å². The van der Waals surface area contributed by atoms with E-state index in [2.05, 4.69) is 29.4 Å². The Kier molecular flexibility index (Phi) is 5.35. The van der Waals surface area contributed by atoms with Crippen LogP contribution in [0.3, 0.4) is 0 Å². The van der Waals surface area contributed by atoms with Gasteiger partial charge in [-0.25, -0.2) is 0 Å². The van der Waals surface area contributed by atoms with Crippen molar-refractivity contribution in [3.63, 3.8) is 0 Å². The molecule has 1 N–H and O–H groups in total.